The molecule has 2 heterocycles. The van der Waals surface area contributed by atoms with Crippen LogP contribution in [0, 0.1) is 5.92 Å². The number of rotatable bonds is 8. The molecular weight excluding hydrogens is 540 g/mol. The van der Waals surface area contributed by atoms with Crippen LogP contribution < -0.4 is 15.4 Å². The Morgan fingerprint density at radius 1 is 1.26 bits per heavy atom. The van der Waals surface area contributed by atoms with Crippen molar-refractivity contribution in [3.63, 3.8) is 0 Å². The molecule has 12 heteroatoms. The van der Waals surface area contributed by atoms with Crippen molar-refractivity contribution in [3.05, 3.63) is 41.3 Å². The molecule has 2 aliphatic rings. The highest BCUT2D eigenvalue weighted by molar-refractivity contribution is 7.91. The predicted molar refractivity (Wildman–Crippen MR) is 151 cm³/mol. The highest BCUT2D eigenvalue weighted by Gasteiger charge is 2.35. The van der Waals surface area contributed by atoms with Crippen molar-refractivity contribution >= 4 is 39.0 Å². The van der Waals surface area contributed by atoms with E-state index < -0.39 is 22.2 Å². The van der Waals surface area contributed by atoms with E-state index in [0.29, 0.717) is 11.4 Å². The van der Waals surface area contributed by atoms with Crippen molar-refractivity contribution in [1.29, 1.82) is 0 Å². The fourth-order valence-corrected chi connectivity index (χ4v) is 7.42. The first-order valence-corrected chi connectivity index (χ1v) is 15.7. The lowest BCUT2D eigenvalue weighted by Crippen LogP contribution is -2.50. The van der Waals surface area contributed by atoms with E-state index in [4.69, 9.17) is 4.74 Å². The summed E-state index contributed by atoms with van der Waals surface area (Å²) in [7, 11) is -2.18. The number of hydrogen-bond donors (Lipinski definition) is 3. The van der Waals surface area contributed by atoms with Gasteiger partial charge in [-0.3, -0.25) is 4.79 Å². The summed E-state index contributed by atoms with van der Waals surface area (Å²) in [6.45, 7) is 3.76. The topological polar surface area (TPSA) is 128 Å². The molecule has 3 N–H and O–H groups in total. The molecule has 0 radical (unpaired) electrons. The van der Waals surface area contributed by atoms with E-state index in [1.54, 1.807) is 47.5 Å². The summed E-state index contributed by atoms with van der Waals surface area (Å²) in [6, 6.07) is 7.48. The molecule has 1 saturated carbocycles. The van der Waals surface area contributed by atoms with Gasteiger partial charge in [-0.15, -0.1) is 11.3 Å². The number of benzene rings is 1. The number of anilines is 1. The van der Waals surface area contributed by atoms with E-state index in [0.717, 1.165) is 37.0 Å². The number of carbonyl (C=O) groups excluding carboxylic acids is 2. The van der Waals surface area contributed by atoms with Crippen LogP contribution in [0.4, 0.5) is 10.5 Å². The van der Waals surface area contributed by atoms with E-state index in [1.165, 1.54) is 17.8 Å². The van der Waals surface area contributed by atoms with Crippen LogP contribution in [-0.2, 0) is 10.0 Å². The molecule has 2 aromatic rings. The zero-order valence-corrected chi connectivity index (χ0v) is 24.3. The number of nitrogens with zero attached hydrogens (tertiary/aromatic N) is 2. The molecule has 0 unspecified atom stereocenters. The minimum Gasteiger partial charge on any atom is -0.488 e. The van der Waals surface area contributed by atoms with Crippen molar-refractivity contribution in [2.24, 2.45) is 5.92 Å². The summed E-state index contributed by atoms with van der Waals surface area (Å²) < 4.78 is 34.0. The second-order valence-corrected chi connectivity index (χ2v) is 13.7. The number of aliphatic hydroxyl groups is 1. The van der Waals surface area contributed by atoms with Crippen LogP contribution in [-0.4, -0.2) is 79.6 Å². The number of carbonyl (C=O) groups is 2. The van der Waals surface area contributed by atoms with E-state index in [-0.39, 0.29) is 53.4 Å². The highest BCUT2D eigenvalue weighted by atomic mass is 32.2. The van der Waals surface area contributed by atoms with Gasteiger partial charge < -0.3 is 25.4 Å². The summed E-state index contributed by atoms with van der Waals surface area (Å²) >= 11 is 1.15. The van der Waals surface area contributed by atoms with Gasteiger partial charge in [0, 0.05) is 31.2 Å². The second-order valence-electron chi connectivity index (χ2n) is 10.5. The SMILES string of the molecule is C[C@H]1CN([C@@H](C)CO)C(=O)c2cc(NC(=O)NC3CCCCC3)ccc2O[C@@H]1CN(C)S(=O)(=O)c1cccs1. The molecule has 0 spiro atoms. The van der Waals surface area contributed by atoms with E-state index in [9.17, 15) is 23.1 Å². The quantitative estimate of drug-likeness (QED) is 0.438. The molecule has 4 rings (SSSR count). The first-order valence-electron chi connectivity index (χ1n) is 13.4. The van der Waals surface area contributed by atoms with Gasteiger partial charge in [0.2, 0.25) is 0 Å². The molecule has 0 bridgehead atoms. The van der Waals surface area contributed by atoms with Gasteiger partial charge >= 0.3 is 6.03 Å². The van der Waals surface area contributed by atoms with Crippen molar-refractivity contribution in [2.75, 3.05) is 32.1 Å². The Kier molecular flexibility index (Phi) is 9.52. The molecule has 39 heavy (non-hydrogen) atoms. The number of aliphatic hydroxyl groups excluding tert-OH is 1. The van der Waals surface area contributed by atoms with Crippen LogP contribution in [0.2, 0.25) is 0 Å². The molecule has 10 nitrogen and oxygen atoms in total. The average Bonchev–Trinajstić information content (AvgIpc) is 3.47. The highest BCUT2D eigenvalue weighted by Crippen LogP contribution is 2.31. The molecule has 0 saturated heterocycles. The summed E-state index contributed by atoms with van der Waals surface area (Å²) in [6.07, 6.45) is 4.71. The summed E-state index contributed by atoms with van der Waals surface area (Å²) in [5, 5.41) is 17.4. The minimum atomic E-state index is -3.70. The number of fused-ring (bicyclic) bond motifs is 1. The van der Waals surface area contributed by atoms with Gasteiger partial charge in [-0.25, -0.2) is 13.2 Å². The average molecular weight is 579 g/mol. The first kappa shape index (κ1) is 29.3. The van der Waals surface area contributed by atoms with Crippen LogP contribution in [0.15, 0.2) is 39.9 Å². The number of thiophene rings is 1. The Bertz CT molecular complexity index is 1250. The van der Waals surface area contributed by atoms with Crippen LogP contribution in [0.1, 0.15) is 56.3 Å². The first-order chi connectivity index (χ1) is 18.6. The summed E-state index contributed by atoms with van der Waals surface area (Å²) in [5.41, 5.74) is 0.685. The van der Waals surface area contributed by atoms with Gasteiger partial charge in [0.1, 0.15) is 16.1 Å². The molecule has 1 aromatic carbocycles. The monoisotopic (exact) mass is 578 g/mol. The predicted octanol–water partition coefficient (Wildman–Crippen LogP) is 3.74. The van der Waals surface area contributed by atoms with Crippen molar-refractivity contribution < 1.29 is 27.9 Å². The summed E-state index contributed by atoms with van der Waals surface area (Å²) in [5.74, 6) is -0.268. The Morgan fingerprint density at radius 3 is 2.67 bits per heavy atom. The van der Waals surface area contributed by atoms with Crippen LogP contribution >= 0.6 is 11.3 Å². The van der Waals surface area contributed by atoms with Gasteiger partial charge in [0.25, 0.3) is 15.9 Å². The second kappa shape index (κ2) is 12.7. The molecular formula is C27H38N4O6S2. The van der Waals surface area contributed by atoms with Crippen molar-refractivity contribution in [3.8, 4) is 5.75 Å². The number of hydrogen-bond acceptors (Lipinski definition) is 7. The lowest BCUT2D eigenvalue weighted by molar-refractivity contribution is 0.0387. The number of likely N-dealkylation sites (N-methyl/N-ethyl adjacent to an activating group) is 1. The van der Waals surface area contributed by atoms with Crippen LogP contribution in [0.25, 0.3) is 0 Å². The largest absolute Gasteiger partial charge is 0.488 e. The molecule has 1 fully saturated rings. The van der Waals surface area contributed by atoms with Crippen molar-refractivity contribution in [1.82, 2.24) is 14.5 Å². The molecule has 1 aliphatic heterocycles. The maximum absolute atomic E-state index is 13.6. The van der Waals surface area contributed by atoms with E-state index in [2.05, 4.69) is 10.6 Å². The fourth-order valence-electron chi connectivity index (χ4n) is 5.03. The third kappa shape index (κ3) is 6.92. The Balaban J connectivity index is 1.58. The van der Waals surface area contributed by atoms with Crippen LogP contribution in [0.5, 0.6) is 5.75 Å². The van der Waals surface area contributed by atoms with E-state index >= 15 is 0 Å². The Morgan fingerprint density at radius 2 is 2.00 bits per heavy atom. The van der Waals surface area contributed by atoms with Gasteiger partial charge in [0.05, 0.1) is 24.8 Å². The maximum Gasteiger partial charge on any atom is 0.319 e. The normalized spacial score (nSPS) is 21.5. The number of urea groups is 1. The van der Waals surface area contributed by atoms with Gasteiger partial charge in [-0.05, 0) is 49.4 Å². The summed E-state index contributed by atoms with van der Waals surface area (Å²) in [4.78, 5) is 27.9. The third-order valence-corrected chi connectivity index (χ3v) is 10.7. The lowest BCUT2D eigenvalue weighted by Gasteiger charge is -2.38. The van der Waals surface area contributed by atoms with Crippen molar-refractivity contribution in [2.45, 2.75) is 68.3 Å². The fraction of sp³-hybridized carbons (Fsp3) is 0.556. The molecule has 3 atom stereocenters. The smallest absolute Gasteiger partial charge is 0.319 e. The molecule has 1 aromatic heterocycles. The number of sulfonamides is 1. The number of amides is 3. The third-order valence-electron chi connectivity index (χ3n) is 7.46. The lowest BCUT2D eigenvalue weighted by atomic mass is 9.96. The Labute approximate surface area is 234 Å². The zero-order chi connectivity index (χ0) is 28.2. The number of ether oxygens (including phenoxy) is 1. The zero-order valence-electron chi connectivity index (χ0n) is 22.6. The van der Waals surface area contributed by atoms with Gasteiger partial charge in [-0.1, -0.05) is 32.3 Å². The molecule has 214 valence electrons. The van der Waals surface area contributed by atoms with Gasteiger partial charge in [-0.2, -0.15) is 4.31 Å². The van der Waals surface area contributed by atoms with Gasteiger partial charge in [0.15, 0.2) is 0 Å². The molecule has 1 aliphatic carbocycles. The number of nitrogens with one attached hydrogen (secondary N) is 2. The maximum atomic E-state index is 13.6. The minimum absolute atomic E-state index is 0.0696. The Hall–Kier alpha value is -2.67. The molecule has 3 amide bonds. The van der Waals surface area contributed by atoms with Crippen LogP contribution in [0.3, 0.4) is 0 Å². The standard InChI is InChI=1S/C27H38N4O6S2/c1-18-15-31(19(2)17-32)26(33)22-14-21(29-27(34)28-20-8-5-4-6-9-20)11-12-23(22)37-24(18)16-30(3)39(35,36)25-10-7-13-38-25/h7,10-14,18-20,24,32H,4-6,8-9,15-17H2,1-3H3,(H2,28,29,34)/t18-,19-,24+/m0/s1. The van der Waals surface area contributed by atoms with E-state index in [1.807, 2.05) is 6.92 Å².